The van der Waals surface area contributed by atoms with Crippen molar-refractivity contribution in [1.29, 1.82) is 0 Å². The fourth-order valence-electron chi connectivity index (χ4n) is 1.51. The molecule has 1 N–H and O–H groups in total. The molecule has 0 aliphatic carbocycles. The van der Waals surface area contributed by atoms with Crippen LogP contribution in [0.15, 0.2) is 24.3 Å². The first-order valence-corrected chi connectivity index (χ1v) is 5.87. The lowest BCUT2D eigenvalue weighted by Crippen LogP contribution is -2.27. The minimum atomic E-state index is -0.125. The maximum Gasteiger partial charge on any atom is 0.241 e. The highest BCUT2D eigenvalue weighted by atomic mass is 35.5. The van der Waals surface area contributed by atoms with Gasteiger partial charge in [0.05, 0.1) is 0 Å². The monoisotopic (exact) mass is 265 g/mol. The molecule has 0 saturated carbocycles. The summed E-state index contributed by atoms with van der Waals surface area (Å²) in [5.41, 5.74) is 0.814. The first-order chi connectivity index (χ1) is 8.70. The van der Waals surface area contributed by atoms with Crippen molar-refractivity contribution in [3.8, 4) is 11.4 Å². The summed E-state index contributed by atoms with van der Waals surface area (Å²) >= 11 is 5.82. The highest BCUT2D eigenvalue weighted by Crippen LogP contribution is 2.18. The summed E-state index contributed by atoms with van der Waals surface area (Å²) in [6.07, 6.45) is 0. The van der Waals surface area contributed by atoms with E-state index in [4.69, 9.17) is 11.6 Å². The van der Waals surface area contributed by atoms with Crippen LogP contribution in [-0.2, 0) is 11.3 Å². The van der Waals surface area contributed by atoms with Crippen molar-refractivity contribution >= 4 is 17.5 Å². The Morgan fingerprint density at radius 3 is 2.78 bits per heavy atom. The lowest BCUT2D eigenvalue weighted by Gasteiger charge is -2.04. The van der Waals surface area contributed by atoms with Crippen LogP contribution in [0.1, 0.15) is 6.92 Å². The minimum absolute atomic E-state index is 0.0960. The van der Waals surface area contributed by atoms with Gasteiger partial charge in [-0.2, -0.15) is 0 Å². The van der Waals surface area contributed by atoms with Crippen molar-refractivity contribution in [2.45, 2.75) is 13.5 Å². The van der Waals surface area contributed by atoms with E-state index in [-0.39, 0.29) is 12.5 Å². The third-order valence-electron chi connectivity index (χ3n) is 2.30. The van der Waals surface area contributed by atoms with Gasteiger partial charge in [-0.05, 0) is 41.6 Å². The number of carbonyl (C=O) groups is 1. The smallest absolute Gasteiger partial charge is 0.241 e. The zero-order valence-electron chi connectivity index (χ0n) is 9.80. The van der Waals surface area contributed by atoms with Gasteiger partial charge >= 0.3 is 0 Å². The summed E-state index contributed by atoms with van der Waals surface area (Å²) in [7, 11) is 0. The maximum absolute atomic E-state index is 11.5. The summed E-state index contributed by atoms with van der Waals surface area (Å²) in [6.45, 7) is 2.54. The van der Waals surface area contributed by atoms with Crippen LogP contribution in [0, 0.1) is 0 Å². The van der Waals surface area contributed by atoms with Gasteiger partial charge < -0.3 is 5.32 Å². The molecule has 18 heavy (non-hydrogen) atoms. The molecule has 0 aliphatic rings. The van der Waals surface area contributed by atoms with Crippen molar-refractivity contribution in [2.75, 3.05) is 6.54 Å². The van der Waals surface area contributed by atoms with Gasteiger partial charge in [0, 0.05) is 17.1 Å². The topological polar surface area (TPSA) is 72.7 Å². The molecule has 0 radical (unpaired) electrons. The van der Waals surface area contributed by atoms with Crippen molar-refractivity contribution in [1.82, 2.24) is 25.5 Å². The van der Waals surface area contributed by atoms with E-state index >= 15 is 0 Å². The number of tetrazole rings is 1. The number of halogens is 1. The van der Waals surface area contributed by atoms with Crippen LogP contribution in [0.3, 0.4) is 0 Å². The Morgan fingerprint density at radius 1 is 1.39 bits per heavy atom. The van der Waals surface area contributed by atoms with Crippen LogP contribution < -0.4 is 5.32 Å². The van der Waals surface area contributed by atoms with Gasteiger partial charge in [-0.25, -0.2) is 4.68 Å². The molecule has 1 heterocycles. The molecule has 0 atom stereocenters. The van der Waals surface area contributed by atoms with Gasteiger partial charge in [0.15, 0.2) is 5.82 Å². The number of rotatable bonds is 4. The molecular formula is C11H12ClN5O. The molecular weight excluding hydrogens is 254 g/mol. The molecule has 1 aromatic heterocycles. The SMILES string of the molecule is CCNC(=O)Cn1nnnc1-c1ccc(Cl)cc1. The van der Waals surface area contributed by atoms with E-state index in [1.54, 1.807) is 12.1 Å². The zero-order valence-corrected chi connectivity index (χ0v) is 10.6. The number of benzene rings is 1. The van der Waals surface area contributed by atoms with Crippen molar-refractivity contribution in [2.24, 2.45) is 0 Å². The van der Waals surface area contributed by atoms with Crippen LogP contribution in [0.2, 0.25) is 5.02 Å². The third kappa shape index (κ3) is 2.84. The molecule has 7 heteroatoms. The molecule has 94 valence electrons. The van der Waals surface area contributed by atoms with Gasteiger partial charge in [0.25, 0.3) is 0 Å². The number of carbonyl (C=O) groups excluding carboxylic acids is 1. The van der Waals surface area contributed by atoms with Crippen LogP contribution in [0.4, 0.5) is 0 Å². The summed E-state index contributed by atoms with van der Waals surface area (Å²) in [5.74, 6) is 0.415. The van der Waals surface area contributed by atoms with Crippen molar-refractivity contribution in [3.63, 3.8) is 0 Å². The van der Waals surface area contributed by atoms with Gasteiger partial charge in [-0.1, -0.05) is 11.6 Å². The van der Waals surface area contributed by atoms with E-state index in [1.807, 2.05) is 19.1 Å². The Bertz CT molecular complexity index is 537. The molecule has 1 aromatic carbocycles. The molecule has 0 fully saturated rings. The number of amides is 1. The number of likely N-dealkylation sites (N-methyl/N-ethyl adjacent to an activating group) is 1. The molecule has 0 spiro atoms. The Morgan fingerprint density at radius 2 is 2.11 bits per heavy atom. The fraction of sp³-hybridized carbons (Fsp3) is 0.273. The van der Waals surface area contributed by atoms with E-state index < -0.39 is 0 Å². The van der Waals surface area contributed by atoms with E-state index in [1.165, 1.54) is 4.68 Å². The molecule has 6 nitrogen and oxygen atoms in total. The third-order valence-corrected chi connectivity index (χ3v) is 2.55. The first-order valence-electron chi connectivity index (χ1n) is 5.49. The second-order valence-corrected chi connectivity index (χ2v) is 4.06. The van der Waals surface area contributed by atoms with Gasteiger partial charge in [0.2, 0.25) is 5.91 Å². The number of nitrogens with one attached hydrogen (secondary N) is 1. The molecule has 0 unspecified atom stereocenters. The zero-order chi connectivity index (χ0) is 13.0. The van der Waals surface area contributed by atoms with Gasteiger partial charge in [-0.15, -0.1) is 5.10 Å². The van der Waals surface area contributed by atoms with E-state index in [2.05, 4.69) is 20.8 Å². The summed E-state index contributed by atoms with van der Waals surface area (Å²) in [4.78, 5) is 11.5. The summed E-state index contributed by atoms with van der Waals surface area (Å²) in [5, 5.41) is 14.6. The lowest BCUT2D eigenvalue weighted by atomic mass is 10.2. The van der Waals surface area contributed by atoms with E-state index in [9.17, 15) is 4.79 Å². The Kier molecular flexibility index (Phi) is 3.88. The molecule has 2 aromatic rings. The quantitative estimate of drug-likeness (QED) is 0.899. The van der Waals surface area contributed by atoms with Crippen LogP contribution in [0.5, 0.6) is 0 Å². The Labute approximate surface area is 109 Å². The highest BCUT2D eigenvalue weighted by Gasteiger charge is 2.11. The van der Waals surface area contributed by atoms with Crippen molar-refractivity contribution < 1.29 is 4.79 Å². The predicted molar refractivity (Wildman–Crippen MR) is 66.9 cm³/mol. The molecule has 0 aliphatic heterocycles. The molecule has 0 saturated heterocycles. The summed E-state index contributed by atoms with van der Waals surface area (Å²) < 4.78 is 1.45. The lowest BCUT2D eigenvalue weighted by molar-refractivity contribution is -0.121. The second-order valence-electron chi connectivity index (χ2n) is 3.62. The number of aromatic nitrogens is 4. The van der Waals surface area contributed by atoms with Crippen molar-refractivity contribution in [3.05, 3.63) is 29.3 Å². The van der Waals surface area contributed by atoms with Crippen LogP contribution in [0.25, 0.3) is 11.4 Å². The van der Waals surface area contributed by atoms with Gasteiger partial charge in [-0.3, -0.25) is 4.79 Å². The van der Waals surface area contributed by atoms with E-state index in [0.29, 0.717) is 17.4 Å². The Hall–Kier alpha value is -1.95. The normalized spacial score (nSPS) is 10.3. The molecule has 1 amide bonds. The largest absolute Gasteiger partial charge is 0.355 e. The molecule has 2 rings (SSSR count). The first kappa shape index (κ1) is 12.5. The average molecular weight is 266 g/mol. The predicted octanol–water partition coefficient (Wildman–Crippen LogP) is 1.13. The minimum Gasteiger partial charge on any atom is -0.355 e. The molecule has 0 bridgehead atoms. The number of hydrogen-bond donors (Lipinski definition) is 1. The maximum atomic E-state index is 11.5. The summed E-state index contributed by atoms with van der Waals surface area (Å²) in [6, 6.07) is 7.12. The fourth-order valence-corrected chi connectivity index (χ4v) is 1.63. The highest BCUT2D eigenvalue weighted by molar-refractivity contribution is 6.30. The second kappa shape index (κ2) is 5.59. The Balaban J connectivity index is 2.22. The average Bonchev–Trinajstić information content (AvgIpc) is 2.78. The number of hydrogen-bond acceptors (Lipinski definition) is 4. The van der Waals surface area contributed by atoms with Crippen LogP contribution >= 0.6 is 11.6 Å². The van der Waals surface area contributed by atoms with E-state index in [0.717, 1.165) is 5.56 Å². The van der Waals surface area contributed by atoms with Gasteiger partial charge in [0.1, 0.15) is 6.54 Å². The standard InChI is InChI=1S/C11H12ClN5O/c1-2-13-10(18)7-17-11(14-15-16-17)8-3-5-9(12)6-4-8/h3-6H,2,7H2,1H3,(H,13,18). The van der Waals surface area contributed by atoms with Crippen LogP contribution in [-0.4, -0.2) is 32.7 Å². The number of nitrogens with zero attached hydrogens (tertiary/aromatic N) is 4.